The Balaban J connectivity index is 1.09. The van der Waals surface area contributed by atoms with Gasteiger partial charge in [0.1, 0.15) is 12.1 Å². The first-order valence-electron chi connectivity index (χ1n) is 13.6. The number of carbonyl (C=O) groups is 4. The molecule has 0 spiro atoms. The number of allylic oxidation sites excluding steroid dienone is 1. The van der Waals surface area contributed by atoms with Gasteiger partial charge in [0.05, 0.1) is 23.4 Å². The molecule has 0 bridgehead atoms. The monoisotopic (exact) mass is 532 g/mol. The third-order valence-corrected chi connectivity index (χ3v) is 8.07. The highest BCUT2D eigenvalue weighted by Crippen LogP contribution is 2.33. The molecule has 5 heterocycles. The van der Waals surface area contributed by atoms with Crippen LogP contribution in [0.15, 0.2) is 42.9 Å². The van der Waals surface area contributed by atoms with E-state index in [4.69, 9.17) is 4.74 Å². The van der Waals surface area contributed by atoms with Gasteiger partial charge in [-0.3, -0.25) is 28.8 Å². The van der Waals surface area contributed by atoms with Crippen LogP contribution in [0.3, 0.4) is 0 Å². The molecule has 2 atom stereocenters. The maximum atomic E-state index is 13.3. The molecule has 1 aromatic heterocycles. The second-order valence-electron chi connectivity index (χ2n) is 10.6. The summed E-state index contributed by atoms with van der Waals surface area (Å²) >= 11 is 0. The number of imide groups is 1. The Hall–Kier alpha value is -3.99. The summed E-state index contributed by atoms with van der Waals surface area (Å²) in [5.74, 6) is -1.20. The van der Waals surface area contributed by atoms with Crippen LogP contribution in [0.2, 0.25) is 0 Å². The molecule has 11 nitrogen and oxygen atoms in total. The Bertz CT molecular complexity index is 1340. The summed E-state index contributed by atoms with van der Waals surface area (Å²) < 4.78 is 7.50. The van der Waals surface area contributed by atoms with E-state index in [1.54, 1.807) is 24.4 Å². The molecule has 0 saturated carbocycles. The van der Waals surface area contributed by atoms with Crippen LogP contribution in [0.5, 0.6) is 0 Å². The number of hydrogen-bond donors (Lipinski definition) is 2. The van der Waals surface area contributed by atoms with Crippen LogP contribution in [-0.4, -0.2) is 75.1 Å². The predicted octanol–water partition coefficient (Wildman–Crippen LogP) is 2.23. The normalized spacial score (nSPS) is 23.8. The molecule has 4 aliphatic heterocycles. The van der Waals surface area contributed by atoms with E-state index >= 15 is 0 Å². The number of fused-ring (bicyclic) bond motifs is 1. The standard InChI is InChI=1S/C28H32N6O5/c1-17-7-8-22(25(35)31-17)34-26(36)20-4-2-5-21(24(20)28(34)38)29-14-18-15-30-33(16-18)19-9-11-32(12-10-19)27(37)23-6-3-13-39-23/h2,4-5,15-16,19,22-23,29H,1,3,6-14H2,(H,31,35)/t22?,23-/m0/s1. The molecule has 0 radical (unpaired) electrons. The summed E-state index contributed by atoms with van der Waals surface area (Å²) in [6.45, 7) is 6.22. The van der Waals surface area contributed by atoms with Gasteiger partial charge in [-0.2, -0.15) is 5.10 Å². The van der Waals surface area contributed by atoms with Crippen LogP contribution < -0.4 is 10.6 Å². The lowest BCUT2D eigenvalue weighted by Gasteiger charge is -2.33. The van der Waals surface area contributed by atoms with Crippen molar-refractivity contribution in [3.05, 3.63) is 59.6 Å². The topological polar surface area (TPSA) is 126 Å². The van der Waals surface area contributed by atoms with E-state index in [0.29, 0.717) is 56.0 Å². The number of rotatable bonds is 6. The number of hydrogen-bond acceptors (Lipinski definition) is 7. The summed E-state index contributed by atoms with van der Waals surface area (Å²) in [7, 11) is 0. The number of piperidine rings is 2. The Morgan fingerprint density at radius 1 is 1.13 bits per heavy atom. The maximum absolute atomic E-state index is 13.3. The summed E-state index contributed by atoms with van der Waals surface area (Å²) in [5.41, 5.74) is 2.65. The van der Waals surface area contributed by atoms with Crippen LogP contribution in [-0.2, 0) is 20.9 Å². The zero-order valence-electron chi connectivity index (χ0n) is 21.7. The second-order valence-corrected chi connectivity index (χ2v) is 10.6. The van der Waals surface area contributed by atoms with Gasteiger partial charge in [0.25, 0.3) is 17.7 Å². The molecule has 0 aliphatic carbocycles. The van der Waals surface area contributed by atoms with Gasteiger partial charge in [0.2, 0.25) is 5.91 Å². The quantitative estimate of drug-likeness (QED) is 0.547. The Morgan fingerprint density at radius 2 is 1.95 bits per heavy atom. The Kier molecular flexibility index (Phi) is 6.68. The van der Waals surface area contributed by atoms with Gasteiger partial charge < -0.3 is 20.3 Å². The molecule has 4 aliphatic rings. The summed E-state index contributed by atoms with van der Waals surface area (Å²) in [4.78, 5) is 54.6. The molecular formula is C28H32N6O5. The zero-order chi connectivity index (χ0) is 27.1. The lowest BCUT2D eigenvalue weighted by molar-refractivity contribution is -0.142. The minimum atomic E-state index is -0.846. The molecule has 1 unspecified atom stereocenters. The number of aromatic nitrogens is 2. The van der Waals surface area contributed by atoms with Crippen LogP contribution in [0, 0.1) is 0 Å². The van der Waals surface area contributed by atoms with Gasteiger partial charge in [0.15, 0.2) is 0 Å². The number of benzene rings is 1. The van der Waals surface area contributed by atoms with Gasteiger partial charge in [0, 0.05) is 49.4 Å². The van der Waals surface area contributed by atoms with Crippen molar-refractivity contribution in [3.63, 3.8) is 0 Å². The third kappa shape index (κ3) is 4.71. The maximum Gasteiger partial charge on any atom is 0.264 e. The molecule has 3 saturated heterocycles. The van der Waals surface area contributed by atoms with E-state index in [1.165, 1.54) is 0 Å². The zero-order valence-corrected chi connectivity index (χ0v) is 21.7. The molecule has 11 heteroatoms. The number of nitrogens with one attached hydrogen (secondary N) is 2. The van der Waals surface area contributed by atoms with E-state index < -0.39 is 17.9 Å². The van der Waals surface area contributed by atoms with Crippen molar-refractivity contribution in [1.82, 2.24) is 24.9 Å². The van der Waals surface area contributed by atoms with Gasteiger partial charge in [-0.05, 0) is 50.7 Å². The third-order valence-electron chi connectivity index (χ3n) is 8.07. The average Bonchev–Trinajstić information content (AvgIpc) is 3.69. The molecule has 204 valence electrons. The SMILES string of the molecule is C=C1CCC(N2C(=O)c3cccc(NCc4cnn(C5CCN(C(=O)[C@@H]6CCCO6)CC5)c4)c3C2=O)C(=O)N1. The highest BCUT2D eigenvalue weighted by molar-refractivity contribution is 6.25. The van der Waals surface area contributed by atoms with Gasteiger partial charge >= 0.3 is 0 Å². The number of ether oxygens (including phenoxy) is 1. The van der Waals surface area contributed by atoms with E-state index in [2.05, 4.69) is 22.3 Å². The lowest BCUT2D eigenvalue weighted by Crippen LogP contribution is -2.51. The van der Waals surface area contributed by atoms with E-state index in [9.17, 15) is 19.2 Å². The average molecular weight is 533 g/mol. The first kappa shape index (κ1) is 25.3. The number of nitrogens with zero attached hydrogens (tertiary/aromatic N) is 4. The highest BCUT2D eigenvalue weighted by atomic mass is 16.5. The molecule has 2 N–H and O–H groups in total. The fourth-order valence-corrected chi connectivity index (χ4v) is 5.93. The van der Waals surface area contributed by atoms with Crippen LogP contribution in [0.25, 0.3) is 0 Å². The summed E-state index contributed by atoms with van der Waals surface area (Å²) in [6, 6.07) is 4.48. The molecular weight excluding hydrogens is 500 g/mol. The smallest absolute Gasteiger partial charge is 0.264 e. The fourth-order valence-electron chi connectivity index (χ4n) is 5.93. The van der Waals surface area contributed by atoms with E-state index in [-0.39, 0.29) is 29.5 Å². The molecule has 39 heavy (non-hydrogen) atoms. The molecule has 3 fully saturated rings. The second kappa shape index (κ2) is 10.3. The largest absolute Gasteiger partial charge is 0.380 e. The van der Waals surface area contributed by atoms with E-state index in [1.807, 2.05) is 15.8 Å². The molecule has 4 amide bonds. The molecule has 2 aromatic rings. The number of carbonyl (C=O) groups excluding carboxylic acids is 4. The predicted molar refractivity (Wildman–Crippen MR) is 141 cm³/mol. The van der Waals surface area contributed by atoms with Crippen molar-refractivity contribution < 1.29 is 23.9 Å². The first-order chi connectivity index (χ1) is 18.9. The van der Waals surface area contributed by atoms with Crippen molar-refractivity contribution in [3.8, 4) is 0 Å². The Morgan fingerprint density at radius 3 is 2.69 bits per heavy atom. The van der Waals surface area contributed by atoms with Crippen LogP contribution in [0.1, 0.15) is 70.8 Å². The Labute approximate surface area is 226 Å². The van der Waals surface area contributed by atoms with Crippen molar-refractivity contribution in [2.75, 3.05) is 25.0 Å². The number of anilines is 1. The minimum Gasteiger partial charge on any atom is -0.380 e. The highest BCUT2D eigenvalue weighted by Gasteiger charge is 2.45. The van der Waals surface area contributed by atoms with E-state index in [0.717, 1.165) is 36.1 Å². The minimum absolute atomic E-state index is 0.105. The van der Waals surface area contributed by atoms with Crippen molar-refractivity contribution in [2.45, 2.75) is 63.3 Å². The fraction of sp³-hybridized carbons (Fsp3) is 0.464. The van der Waals surface area contributed by atoms with Crippen molar-refractivity contribution in [2.24, 2.45) is 0 Å². The summed E-state index contributed by atoms with van der Waals surface area (Å²) in [5, 5.41) is 10.5. The molecule has 6 rings (SSSR count). The molecule has 1 aromatic carbocycles. The van der Waals surface area contributed by atoms with Crippen molar-refractivity contribution in [1.29, 1.82) is 0 Å². The van der Waals surface area contributed by atoms with Gasteiger partial charge in [-0.25, -0.2) is 0 Å². The lowest BCUT2D eigenvalue weighted by atomic mass is 10.0. The summed E-state index contributed by atoms with van der Waals surface area (Å²) in [6.07, 6.45) is 7.78. The van der Waals surface area contributed by atoms with Gasteiger partial charge in [-0.1, -0.05) is 12.6 Å². The van der Waals surface area contributed by atoms with Crippen molar-refractivity contribution >= 4 is 29.3 Å². The first-order valence-corrected chi connectivity index (χ1v) is 13.6. The van der Waals surface area contributed by atoms with Crippen LogP contribution in [0.4, 0.5) is 5.69 Å². The van der Waals surface area contributed by atoms with Crippen LogP contribution >= 0.6 is 0 Å². The number of amides is 4. The number of likely N-dealkylation sites (tertiary alicyclic amines) is 1. The van der Waals surface area contributed by atoms with Gasteiger partial charge in [-0.15, -0.1) is 0 Å².